The molecule has 0 saturated carbocycles. The molecule has 1 aromatic heterocycles. The molecule has 1 aromatic rings. The average Bonchev–Trinajstić information content (AvgIpc) is 2.67. The van der Waals surface area contributed by atoms with E-state index in [-0.39, 0.29) is 12.0 Å². The number of rotatable bonds is 3. The molecule has 112 valence electrons. The topological polar surface area (TPSA) is 41.1 Å². The molecule has 7 heteroatoms. The van der Waals surface area contributed by atoms with E-state index >= 15 is 0 Å². The molecular weight excluding hydrogens is 269 g/mol. The number of nitrogens with zero attached hydrogens (tertiary/aromatic N) is 3. The summed E-state index contributed by atoms with van der Waals surface area (Å²) < 4.78 is 38.7. The Hall–Kier alpha value is -1.53. The molecule has 2 atom stereocenters. The fourth-order valence-corrected chi connectivity index (χ4v) is 2.58. The summed E-state index contributed by atoms with van der Waals surface area (Å²) in [6, 6.07) is 1.23. The van der Waals surface area contributed by atoms with Crippen LogP contribution in [-0.2, 0) is 6.18 Å². The largest absolute Gasteiger partial charge is 0.433 e. The lowest BCUT2D eigenvalue weighted by molar-refractivity contribution is -0.141. The zero-order valence-electron chi connectivity index (χ0n) is 11.8. The Balaban J connectivity index is 2.39. The van der Waals surface area contributed by atoms with Crippen molar-refractivity contribution in [1.29, 1.82) is 0 Å². The zero-order valence-corrected chi connectivity index (χ0v) is 11.8. The van der Waals surface area contributed by atoms with E-state index in [4.69, 9.17) is 0 Å². The highest BCUT2D eigenvalue weighted by Crippen LogP contribution is 2.33. The van der Waals surface area contributed by atoms with Crippen LogP contribution in [0.15, 0.2) is 6.07 Å². The van der Waals surface area contributed by atoms with Crippen molar-refractivity contribution >= 4 is 11.8 Å². The van der Waals surface area contributed by atoms with Gasteiger partial charge in [0.05, 0.1) is 0 Å². The molecule has 1 fully saturated rings. The summed E-state index contributed by atoms with van der Waals surface area (Å²) in [5, 5.41) is 2.76. The van der Waals surface area contributed by atoms with Gasteiger partial charge in [-0.2, -0.15) is 18.2 Å². The van der Waals surface area contributed by atoms with Crippen LogP contribution in [0.3, 0.4) is 0 Å². The van der Waals surface area contributed by atoms with Crippen molar-refractivity contribution in [3.8, 4) is 0 Å². The lowest BCUT2D eigenvalue weighted by atomic mass is 10.1. The van der Waals surface area contributed by atoms with Gasteiger partial charge in [0.1, 0.15) is 5.82 Å². The number of aromatic nitrogens is 2. The van der Waals surface area contributed by atoms with E-state index in [9.17, 15) is 13.2 Å². The summed E-state index contributed by atoms with van der Waals surface area (Å²) in [6.07, 6.45) is -3.50. The Morgan fingerprint density at radius 1 is 1.35 bits per heavy atom. The molecule has 0 spiro atoms. The maximum atomic E-state index is 12.9. The van der Waals surface area contributed by atoms with Gasteiger partial charge in [-0.1, -0.05) is 6.92 Å². The van der Waals surface area contributed by atoms with E-state index in [2.05, 4.69) is 22.2 Å². The number of alkyl halides is 3. The molecule has 0 aliphatic carbocycles. The van der Waals surface area contributed by atoms with Crippen molar-refractivity contribution in [2.24, 2.45) is 5.92 Å². The molecule has 0 radical (unpaired) electrons. The lowest BCUT2D eigenvalue weighted by Crippen LogP contribution is -2.28. The Morgan fingerprint density at radius 2 is 2.05 bits per heavy atom. The van der Waals surface area contributed by atoms with Gasteiger partial charge in [0.25, 0.3) is 0 Å². The van der Waals surface area contributed by atoms with Gasteiger partial charge >= 0.3 is 6.18 Å². The molecule has 1 aliphatic heterocycles. The van der Waals surface area contributed by atoms with Gasteiger partial charge in [-0.3, -0.25) is 0 Å². The first kappa shape index (κ1) is 14.9. The number of anilines is 2. The number of halogens is 3. The van der Waals surface area contributed by atoms with Crippen LogP contribution in [0.2, 0.25) is 0 Å². The van der Waals surface area contributed by atoms with Crippen LogP contribution in [-0.4, -0.2) is 29.1 Å². The molecule has 2 rings (SSSR count). The number of hydrogen-bond acceptors (Lipinski definition) is 4. The minimum absolute atomic E-state index is 0.0316. The zero-order chi connectivity index (χ0) is 14.9. The van der Waals surface area contributed by atoms with Crippen molar-refractivity contribution < 1.29 is 13.2 Å². The second-order valence-electron chi connectivity index (χ2n) is 5.31. The number of hydrogen-bond donors (Lipinski definition) is 1. The van der Waals surface area contributed by atoms with Gasteiger partial charge in [-0.15, -0.1) is 0 Å². The van der Waals surface area contributed by atoms with Crippen molar-refractivity contribution in [3.05, 3.63) is 11.8 Å². The third-order valence-corrected chi connectivity index (χ3v) is 3.42. The van der Waals surface area contributed by atoms with Crippen LogP contribution in [0.1, 0.15) is 32.9 Å². The Kier molecular flexibility index (Phi) is 4.06. The second kappa shape index (κ2) is 5.46. The third-order valence-electron chi connectivity index (χ3n) is 3.42. The van der Waals surface area contributed by atoms with Gasteiger partial charge in [0.15, 0.2) is 5.69 Å². The van der Waals surface area contributed by atoms with Crippen molar-refractivity contribution in [2.45, 2.75) is 39.4 Å². The Labute approximate surface area is 116 Å². The smallest absolute Gasteiger partial charge is 0.354 e. The normalized spacial score (nSPS) is 23.2. The highest BCUT2D eigenvalue weighted by Gasteiger charge is 2.35. The van der Waals surface area contributed by atoms with Crippen LogP contribution in [0.5, 0.6) is 0 Å². The summed E-state index contributed by atoms with van der Waals surface area (Å²) >= 11 is 0. The summed E-state index contributed by atoms with van der Waals surface area (Å²) in [7, 11) is 0. The van der Waals surface area contributed by atoms with Crippen molar-refractivity contribution in [2.75, 3.05) is 23.3 Å². The van der Waals surface area contributed by atoms with Crippen LogP contribution in [0.4, 0.5) is 24.9 Å². The Bertz CT molecular complexity index is 475. The minimum atomic E-state index is -4.46. The molecule has 1 N–H and O–H groups in total. The quantitative estimate of drug-likeness (QED) is 0.927. The molecule has 0 aromatic carbocycles. The van der Waals surface area contributed by atoms with Gasteiger partial charge in [0, 0.05) is 25.2 Å². The van der Waals surface area contributed by atoms with Gasteiger partial charge < -0.3 is 10.2 Å². The van der Waals surface area contributed by atoms with E-state index in [1.165, 1.54) is 0 Å². The maximum absolute atomic E-state index is 12.9. The molecule has 1 aliphatic rings. The van der Waals surface area contributed by atoms with E-state index in [1.807, 2.05) is 11.8 Å². The summed E-state index contributed by atoms with van der Waals surface area (Å²) in [6.45, 7) is 7.09. The maximum Gasteiger partial charge on any atom is 0.433 e. The lowest BCUT2D eigenvalue weighted by Gasteiger charge is -2.24. The monoisotopic (exact) mass is 288 g/mol. The van der Waals surface area contributed by atoms with E-state index < -0.39 is 11.9 Å². The molecular formula is C13H19F3N4. The van der Waals surface area contributed by atoms with Crippen LogP contribution in [0.25, 0.3) is 0 Å². The van der Waals surface area contributed by atoms with Crippen molar-refractivity contribution in [1.82, 2.24) is 9.97 Å². The van der Waals surface area contributed by atoms with Gasteiger partial charge in [-0.25, -0.2) is 4.98 Å². The molecule has 0 bridgehead atoms. The second-order valence-corrected chi connectivity index (χ2v) is 5.31. The fourth-order valence-electron chi connectivity index (χ4n) is 2.58. The highest BCUT2D eigenvalue weighted by molar-refractivity contribution is 5.47. The highest BCUT2D eigenvalue weighted by atomic mass is 19.4. The number of nitrogens with one attached hydrogen (secondary N) is 1. The van der Waals surface area contributed by atoms with Crippen LogP contribution in [0, 0.1) is 5.92 Å². The average molecular weight is 288 g/mol. The van der Waals surface area contributed by atoms with E-state index in [1.54, 1.807) is 6.92 Å². The van der Waals surface area contributed by atoms with E-state index in [0.717, 1.165) is 19.0 Å². The van der Waals surface area contributed by atoms with Crippen molar-refractivity contribution in [3.63, 3.8) is 0 Å². The molecule has 2 unspecified atom stereocenters. The third kappa shape index (κ3) is 3.13. The minimum Gasteiger partial charge on any atom is -0.354 e. The van der Waals surface area contributed by atoms with Gasteiger partial charge in [0.2, 0.25) is 5.95 Å². The summed E-state index contributed by atoms with van der Waals surface area (Å²) in [5.74, 6) is 0.834. The van der Waals surface area contributed by atoms with Gasteiger partial charge in [-0.05, 0) is 26.2 Å². The predicted octanol–water partition coefficient (Wildman–Crippen LogP) is 3.16. The molecule has 1 saturated heterocycles. The standard InChI is InChI=1S/C13H19F3N4/c1-4-17-12-18-10(13(14,15)16)6-11(19-12)20-7-8(2)5-9(20)3/h6,8-9H,4-5,7H2,1-3H3,(H,17,18,19). The molecule has 20 heavy (non-hydrogen) atoms. The first-order chi connectivity index (χ1) is 9.31. The van der Waals surface area contributed by atoms with E-state index in [0.29, 0.717) is 18.3 Å². The summed E-state index contributed by atoms with van der Waals surface area (Å²) in [5.41, 5.74) is -0.898. The SMILES string of the molecule is CCNc1nc(N2CC(C)CC2C)cc(C(F)(F)F)n1. The molecule has 2 heterocycles. The molecule has 4 nitrogen and oxygen atoms in total. The Morgan fingerprint density at radius 3 is 2.55 bits per heavy atom. The predicted molar refractivity (Wildman–Crippen MR) is 71.8 cm³/mol. The van der Waals surface area contributed by atoms with Crippen LogP contribution >= 0.6 is 0 Å². The summed E-state index contributed by atoms with van der Waals surface area (Å²) in [4.78, 5) is 9.66. The first-order valence-corrected chi connectivity index (χ1v) is 6.78. The first-order valence-electron chi connectivity index (χ1n) is 6.78. The fraction of sp³-hybridized carbons (Fsp3) is 0.692. The van der Waals surface area contributed by atoms with Crippen LogP contribution < -0.4 is 10.2 Å². The molecule has 0 amide bonds.